The Morgan fingerprint density at radius 1 is 1.33 bits per heavy atom. The minimum absolute atomic E-state index is 0.173. The summed E-state index contributed by atoms with van der Waals surface area (Å²) in [5.74, 6) is 1.14. The number of hydrogen-bond acceptors (Lipinski definition) is 4. The smallest absolute Gasteiger partial charge is 0.263 e. The predicted molar refractivity (Wildman–Crippen MR) is 52.5 cm³/mol. The lowest BCUT2D eigenvalue weighted by molar-refractivity contribution is -0.560. The highest BCUT2D eigenvalue weighted by Gasteiger charge is 2.63. The van der Waals surface area contributed by atoms with Crippen molar-refractivity contribution in [1.29, 1.82) is 0 Å². The fourth-order valence-electron chi connectivity index (χ4n) is 4.17. The fraction of sp³-hybridized carbons (Fsp3) is 0.900. The average molecular weight is 210 g/mol. The van der Waals surface area contributed by atoms with Crippen molar-refractivity contribution < 1.29 is 10.1 Å². The van der Waals surface area contributed by atoms with Gasteiger partial charge in [-0.25, -0.2) is 0 Å². The van der Waals surface area contributed by atoms with E-state index in [4.69, 9.17) is 5.21 Å². The second-order valence-electron chi connectivity index (χ2n) is 5.32. The zero-order valence-electron chi connectivity index (χ0n) is 8.43. The number of rotatable bonds is 1. The van der Waals surface area contributed by atoms with E-state index < -0.39 is 5.54 Å². The lowest BCUT2D eigenvalue weighted by Gasteiger charge is -2.51. The third kappa shape index (κ3) is 1.01. The molecule has 0 radical (unpaired) electrons. The minimum atomic E-state index is -1.01. The van der Waals surface area contributed by atoms with Crippen molar-refractivity contribution >= 4 is 5.71 Å². The Morgan fingerprint density at radius 3 is 2.40 bits per heavy atom. The summed E-state index contributed by atoms with van der Waals surface area (Å²) in [6.45, 7) is 0. The van der Waals surface area contributed by atoms with E-state index in [-0.39, 0.29) is 10.8 Å². The summed E-state index contributed by atoms with van der Waals surface area (Å²) < 4.78 is 0. The van der Waals surface area contributed by atoms with Crippen LogP contribution in [0.4, 0.5) is 0 Å². The standard InChI is InChI=1S/C10H14N2O3/c13-11-9-8-2-6-1-7(3-8)5-10(9,4-6)12(14)15/h6-8,13H,1-5H2/b11-9+/t6-,7+,8?,10?. The molecule has 4 atom stereocenters. The molecule has 82 valence electrons. The molecule has 15 heavy (non-hydrogen) atoms. The van der Waals surface area contributed by atoms with E-state index in [0.717, 1.165) is 19.3 Å². The molecule has 4 rings (SSSR count). The molecule has 0 aromatic rings. The van der Waals surface area contributed by atoms with Crippen LogP contribution in [0.5, 0.6) is 0 Å². The number of nitrogens with zero attached hydrogens (tertiary/aromatic N) is 2. The predicted octanol–water partition coefficient (Wildman–Crippen LogP) is 1.67. The average Bonchev–Trinajstić information content (AvgIpc) is 2.16. The molecule has 1 N–H and O–H groups in total. The SMILES string of the molecule is O=[N+]([O-])C12C[C@@H]3CC(C[C@@H](C3)C1)/C2=N\O. The molecule has 0 amide bonds. The first-order valence-corrected chi connectivity index (χ1v) is 5.52. The van der Waals surface area contributed by atoms with Crippen LogP contribution in [0.2, 0.25) is 0 Å². The van der Waals surface area contributed by atoms with Crippen LogP contribution >= 0.6 is 0 Å². The van der Waals surface area contributed by atoms with E-state index in [9.17, 15) is 10.1 Å². The molecule has 0 saturated heterocycles. The monoisotopic (exact) mass is 210 g/mol. The Kier molecular flexibility index (Phi) is 1.65. The first kappa shape index (κ1) is 9.12. The number of hydrogen-bond donors (Lipinski definition) is 1. The lowest BCUT2D eigenvalue weighted by Crippen LogP contribution is -2.61. The molecule has 0 aliphatic heterocycles. The third-order valence-electron chi connectivity index (χ3n) is 4.48. The molecule has 4 saturated carbocycles. The van der Waals surface area contributed by atoms with E-state index >= 15 is 0 Å². The van der Waals surface area contributed by atoms with Gasteiger partial charge in [-0.1, -0.05) is 5.16 Å². The minimum Gasteiger partial charge on any atom is -0.411 e. The van der Waals surface area contributed by atoms with Gasteiger partial charge in [-0.3, -0.25) is 10.1 Å². The van der Waals surface area contributed by atoms with Gasteiger partial charge in [0.2, 0.25) is 0 Å². The Labute approximate surface area is 87.3 Å². The molecule has 4 aliphatic rings. The zero-order chi connectivity index (χ0) is 10.6. The summed E-state index contributed by atoms with van der Waals surface area (Å²) >= 11 is 0. The van der Waals surface area contributed by atoms with Crippen molar-refractivity contribution in [3.8, 4) is 0 Å². The van der Waals surface area contributed by atoms with Crippen molar-refractivity contribution in [2.75, 3.05) is 0 Å². The molecule has 4 fully saturated rings. The van der Waals surface area contributed by atoms with Crippen molar-refractivity contribution in [3.05, 3.63) is 10.1 Å². The van der Waals surface area contributed by atoms with Crippen molar-refractivity contribution in [3.63, 3.8) is 0 Å². The molecule has 4 bridgehead atoms. The van der Waals surface area contributed by atoms with Crippen molar-refractivity contribution in [1.82, 2.24) is 0 Å². The molecular weight excluding hydrogens is 196 g/mol. The number of nitro groups is 1. The zero-order valence-corrected chi connectivity index (χ0v) is 8.43. The summed E-state index contributed by atoms with van der Waals surface area (Å²) in [6, 6.07) is 0. The highest BCUT2D eigenvalue weighted by molar-refractivity contribution is 5.95. The van der Waals surface area contributed by atoms with Gasteiger partial charge in [-0.05, 0) is 31.1 Å². The van der Waals surface area contributed by atoms with Crippen LogP contribution in [0.3, 0.4) is 0 Å². The fourth-order valence-corrected chi connectivity index (χ4v) is 4.17. The van der Waals surface area contributed by atoms with Crippen LogP contribution in [0, 0.1) is 27.9 Å². The van der Waals surface area contributed by atoms with Crippen molar-refractivity contribution in [2.45, 2.75) is 37.6 Å². The Balaban J connectivity index is 2.08. The van der Waals surface area contributed by atoms with Crippen LogP contribution in [-0.4, -0.2) is 21.4 Å². The van der Waals surface area contributed by atoms with Gasteiger partial charge < -0.3 is 5.21 Å². The van der Waals surface area contributed by atoms with Crippen LogP contribution in [0.1, 0.15) is 32.1 Å². The lowest BCUT2D eigenvalue weighted by atomic mass is 9.52. The molecule has 0 aromatic carbocycles. The molecule has 5 heteroatoms. The van der Waals surface area contributed by atoms with E-state index in [1.807, 2.05) is 0 Å². The van der Waals surface area contributed by atoms with Gasteiger partial charge in [0.15, 0.2) is 0 Å². The first-order chi connectivity index (χ1) is 7.15. The summed E-state index contributed by atoms with van der Waals surface area (Å²) in [5.41, 5.74) is -0.552. The maximum atomic E-state index is 11.2. The van der Waals surface area contributed by atoms with Gasteiger partial charge >= 0.3 is 0 Å². The van der Waals surface area contributed by atoms with Gasteiger partial charge in [0, 0.05) is 23.7 Å². The second kappa shape index (κ2) is 2.71. The van der Waals surface area contributed by atoms with Crippen LogP contribution in [-0.2, 0) is 0 Å². The van der Waals surface area contributed by atoms with Gasteiger partial charge in [0.1, 0.15) is 5.71 Å². The molecule has 0 spiro atoms. The first-order valence-electron chi connectivity index (χ1n) is 5.52. The van der Waals surface area contributed by atoms with E-state index in [2.05, 4.69) is 5.16 Å². The molecule has 0 aromatic heterocycles. The Bertz CT molecular complexity index is 339. The highest BCUT2D eigenvalue weighted by atomic mass is 16.6. The maximum Gasteiger partial charge on any atom is 0.263 e. The second-order valence-corrected chi connectivity index (χ2v) is 5.32. The maximum absolute atomic E-state index is 11.2. The van der Waals surface area contributed by atoms with Crippen molar-refractivity contribution in [2.24, 2.45) is 22.9 Å². The van der Waals surface area contributed by atoms with Crippen LogP contribution in [0.15, 0.2) is 5.16 Å². The van der Waals surface area contributed by atoms with E-state index in [0.29, 0.717) is 30.4 Å². The quantitative estimate of drug-likeness (QED) is 0.406. The number of oxime groups is 1. The summed E-state index contributed by atoms with van der Waals surface area (Å²) in [7, 11) is 0. The van der Waals surface area contributed by atoms with Gasteiger partial charge in [-0.2, -0.15) is 0 Å². The van der Waals surface area contributed by atoms with Gasteiger partial charge in [-0.15, -0.1) is 0 Å². The molecule has 5 nitrogen and oxygen atoms in total. The third-order valence-corrected chi connectivity index (χ3v) is 4.48. The van der Waals surface area contributed by atoms with E-state index in [1.165, 1.54) is 0 Å². The molecule has 2 unspecified atom stereocenters. The highest BCUT2D eigenvalue weighted by Crippen LogP contribution is 2.55. The summed E-state index contributed by atoms with van der Waals surface area (Å²) in [5, 5.41) is 23.5. The molecular formula is C10H14N2O3. The van der Waals surface area contributed by atoms with E-state index in [1.54, 1.807) is 0 Å². The summed E-state index contributed by atoms with van der Waals surface area (Å²) in [4.78, 5) is 11.0. The van der Waals surface area contributed by atoms with Crippen LogP contribution < -0.4 is 0 Å². The van der Waals surface area contributed by atoms with Gasteiger partial charge in [0.25, 0.3) is 5.54 Å². The normalized spacial score (nSPS) is 49.9. The Morgan fingerprint density at radius 2 is 1.93 bits per heavy atom. The summed E-state index contributed by atoms with van der Waals surface area (Å²) in [6.07, 6.45) is 4.31. The van der Waals surface area contributed by atoms with Crippen LogP contribution in [0.25, 0.3) is 0 Å². The Hall–Kier alpha value is -1.13. The topological polar surface area (TPSA) is 75.7 Å². The largest absolute Gasteiger partial charge is 0.411 e. The molecule has 4 aliphatic carbocycles. The molecule has 0 heterocycles. The van der Waals surface area contributed by atoms with Gasteiger partial charge in [0.05, 0.1) is 0 Å².